The van der Waals surface area contributed by atoms with Crippen LogP contribution in [0.2, 0.25) is 0 Å². The molecule has 2 aromatic rings. The number of piperidine rings is 1. The average molecular weight is 370 g/mol. The SMILES string of the molecule is COc1ccc(CC(=O)NC[C@H]2CCCN(C(=O)c3occc3C)C2)cc1. The van der Waals surface area contributed by atoms with Crippen molar-refractivity contribution in [2.75, 3.05) is 26.7 Å². The number of furan rings is 1. The minimum Gasteiger partial charge on any atom is -0.497 e. The highest BCUT2D eigenvalue weighted by molar-refractivity contribution is 5.92. The second kappa shape index (κ2) is 8.75. The third-order valence-corrected chi connectivity index (χ3v) is 4.97. The topological polar surface area (TPSA) is 71.8 Å². The highest BCUT2D eigenvalue weighted by Crippen LogP contribution is 2.20. The van der Waals surface area contributed by atoms with Crippen LogP contribution in [0.25, 0.3) is 0 Å². The molecule has 3 rings (SSSR count). The Morgan fingerprint density at radius 2 is 2.04 bits per heavy atom. The number of amides is 2. The van der Waals surface area contributed by atoms with Gasteiger partial charge in [-0.3, -0.25) is 9.59 Å². The summed E-state index contributed by atoms with van der Waals surface area (Å²) in [7, 11) is 1.62. The third-order valence-electron chi connectivity index (χ3n) is 4.97. The van der Waals surface area contributed by atoms with Gasteiger partial charge in [0.15, 0.2) is 5.76 Å². The van der Waals surface area contributed by atoms with Crippen LogP contribution in [-0.2, 0) is 11.2 Å². The molecule has 1 aromatic carbocycles. The lowest BCUT2D eigenvalue weighted by molar-refractivity contribution is -0.120. The van der Waals surface area contributed by atoms with Crippen LogP contribution in [-0.4, -0.2) is 43.5 Å². The number of likely N-dealkylation sites (tertiary alicyclic amines) is 1. The molecule has 0 radical (unpaired) electrons. The molecule has 0 bridgehead atoms. The maximum absolute atomic E-state index is 12.6. The van der Waals surface area contributed by atoms with E-state index in [0.717, 1.165) is 36.3 Å². The van der Waals surface area contributed by atoms with Crippen LogP contribution >= 0.6 is 0 Å². The quantitative estimate of drug-likeness (QED) is 0.849. The minimum absolute atomic E-state index is 0.00880. The van der Waals surface area contributed by atoms with Crippen molar-refractivity contribution in [2.24, 2.45) is 5.92 Å². The first-order chi connectivity index (χ1) is 13.1. The number of ether oxygens (including phenoxy) is 1. The Morgan fingerprint density at radius 1 is 1.26 bits per heavy atom. The van der Waals surface area contributed by atoms with E-state index in [0.29, 0.717) is 25.3 Å². The number of aryl methyl sites for hydroxylation is 1. The van der Waals surface area contributed by atoms with Gasteiger partial charge in [0, 0.05) is 25.2 Å². The third kappa shape index (κ3) is 4.90. The maximum Gasteiger partial charge on any atom is 0.289 e. The van der Waals surface area contributed by atoms with Crippen molar-refractivity contribution in [1.29, 1.82) is 0 Å². The molecular weight excluding hydrogens is 344 g/mol. The molecule has 144 valence electrons. The summed E-state index contributed by atoms with van der Waals surface area (Å²) in [6.07, 6.45) is 3.82. The van der Waals surface area contributed by atoms with E-state index in [4.69, 9.17) is 9.15 Å². The van der Waals surface area contributed by atoms with Gasteiger partial charge in [0.1, 0.15) is 5.75 Å². The molecule has 2 heterocycles. The molecule has 1 saturated heterocycles. The van der Waals surface area contributed by atoms with Gasteiger partial charge in [-0.15, -0.1) is 0 Å². The van der Waals surface area contributed by atoms with Gasteiger partial charge in [0.05, 0.1) is 19.8 Å². The summed E-state index contributed by atoms with van der Waals surface area (Å²) in [5.74, 6) is 1.38. The normalized spacial score (nSPS) is 16.8. The summed E-state index contributed by atoms with van der Waals surface area (Å²) in [5.41, 5.74) is 1.80. The van der Waals surface area contributed by atoms with Crippen molar-refractivity contribution in [3.05, 3.63) is 53.5 Å². The van der Waals surface area contributed by atoms with Crippen LogP contribution in [0.5, 0.6) is 5.75 Å². The van der Waals surface area contributed by atoms with Gasteiger partial charge in [-0.2, -0.15) is 0 Å². The van der Waals surface area contributed by atoms with E-state index in [-0.39, 0.29) is 17.7 Å². The zero-order valence-electron chi connectivity index (χ0n) is 15.9. The van der Waals surface area contributed by atoms with E-state index in [1.807, 2.05) is 36.1 Å². The number of hydrogen-bond donors (Lipinski definition) is 1. The first-order valence-corrected chi connectivity index (χ1v) is 9.30. The lowest BCUT2D eigenvalue weighted by Gasteiger charge is -2.32. The number of hydrogen-bond acceptors (Lipinski definition) is 4. The summed E-state index contributed by atoms with van der Waals surface area (Å²) in [4.78, 5) is 26.6. The van der Waals surface area contributed by atoms with E-state index in [1.54, 1.807) is 19.4 Å². The Balaban J connectivity index is 1.48. The van der Waals surface area contributed by atoms with E-state index in [2.05, 4.69) is 5.32 Å². The first kappa shape index (κ1) is 19.0. The Labute approximate surface area is 159 Å². The fourth-order valence-corrected chi connectivity index (χ4v) is 3.40. The van der Waals surface area contributed by atoms with Gasteiger partial charge in [0.25, 0.3) is 5.91 Å². The van der Waals surface area contributed by atoms with Crippen molar-refractivity contribution in [2.45, 2.75) is 26.2 Å². The molecule has 2 amide bonds. The molecular formula is C21H26N2O4. The number of benzene rings is 1. The molecule has 1 fully saturated rings. The van der Waals surface area contributed by atoms with E-state index >= 15 is 0 Å². The van der Waals surface area contributed by atoms with Crippen molar-refractivity contribution in [3.8, 4) is 5.75 Å². The highest BCUT2D eigenvalue weighted by atomic mass is 16.5. The van der Waals surface area contributed by atoms with Crippen LogP contribution in [0.3, 0.4) is 0 Å². The van der Waals surface area contributed by atoms with Crippen molar-refractivity contribution >= 4 is 11.8 Å². The molecule has 1 aliphatic heterocycles. The molecule has 1 aromatic heterocycles. The van der Waals surface area contributed by atoms with Gasteiger partial charge in [0.2, 0.25) is 5.91 Å². The minimum atomic E-state index is -0.0632. The lowest BCUT2D eigenvalue weighted by Crippen LogP contribution is -2.44. The van der Waals surface area contributed by atoms with Crippen LogP contribution < -0.4 is 10.1 Å². The zero-order chi connectivity index (χ0) is 19.2. The van der Waals surface area contributed by atoms with E-state index < -0.39 is 0 Å². The average Bonchev–Trinajstić information content (AvgIpc) is 3.12. The fourth-order valence-electron chi connectivity index (χ4n) is 3.40. The van der Waals surface area contributed by atoms with Gasteiger partial charge in [-0.1, -0.05) is 12.1 Å². The Hall–Kier alpha value is -2.76. The summed E-state index contributed by atoms with van der Waals surface area (Å²) in [5, 5.41) is 3.00. The zero-order valence-corrected chi connectivity index (χ0v) is 15.9. The van der Waals surface area contributed by atoms with Gasteiger partial charge in [-0.05, 0) is 49.4 Å². The van der Waals surface area contributed by atoms with Crippen molar-refractivity contribution < 1.29 is 18.7 Å². The summed E-state index contributed by atoms with van der Waals surface area (Å²) < 4.78 is 10.5. The van der Waals surface area contributed by atoms with Gasteiger partial charge >= 0.3 is 0 Å². The smallest absolute Gasteiger partial charge is 0.289 e. The molecule has 6 nitrogen and oxygen atoms in total. The Bertz CT molecular complexity index is 782. The molecule has 0 aliphatic carbocycles. The number of nitrogens with one attached hydrogen (secondary N) is 1. The number of carbonyl (C=O) groups excluding carboxylic acids is 2. The van der Waals surface area contributed by atoms with Crippen LogP contribution in [0.4, 0.5) is 0 Å². The second-order valence-electron chi connectivity index (χ2n) is 7.02. The van der Waals surface area contributed by atoms with Crippen LogP contribution in [0.1, 0.15) is 34.5 Å². The summed E-state index contributed by atoms with van der Waals surface area (Å²) in [6, 6.07) is 9.29. The van der Waals surface area contributed by atoms with Crippen LogP contribution in [0.15, 0.2) is 41.0 Å². The molecule has 0 unspecified atom stereocenters. The molecule has 6 heteroatoms. The molecule has 0 saturated carbocycles. The molecule has 1 atom stereocenters. The second-order valence-corrected chi connectivity index (χ2v) is 7.02. The first-order valence-electron chi connectivity index (χ1n) is 9.30. The van der Waals surface area contributed by atoms with E-state index in [9.17, 15) is 9.59 Å². The van der Waals surface area contributed by atoms with E-state index in [1.165, 1.54) is 0 Å². The number of rotatable bonds is 6. The predicted molar refractivity (Wildman–Crippen MR) is 102 cm³/mol. The van der Waals surface area contributed by atoms with Crippen molar-refractivity contribution in [3.63, 3.8) is 0 Å². The van der Waals surface area contributed by atoms with Gasteiger partial charge in [-0.25, -0.2) is 0 Å². The standard InChI is InChI=1S/C21H26N2O4/c1-15-9-11-27-20(15)21(25)23-10-3-4-17(14-23)13-22-19(24)12-16-5-7-18(26-2)8-6-16/h5-9,11,17H,3-4,10,12-14H2,1-2H3,(H,22,24)/t17-/m1/s1. The Morgan fingerprint density at radius 3 is 2.70 bits per heavy atom. The summed E-state index contributed by atoms with van der Waals surface area (Å²) >= 11 is 0. The van der Waals surface area contributed by atoms with Gasteiger partial charge < -0.3 is 19.4 Å². The number of methoxy groups -OCH3 is 1. The largest absolute Gasteiger partial charge is 0.497 e. The molecule has 1 N–H and O–H groups in total. The molecule has 27 heavy (non-hydrogen) atoms. The molecule has 1 aliphatic rings. The fraction of sp³-hybridized carbons (Fsp3) is 0.429. The number of nitrogens with zero attached hydrogens (tertiary/aromatic N) is 1. The maximum atomic E-state index is 12.6. The highest BCUT2D eigenvalue weighted by Gasteiger charge is 2.27. The summed E-state index contributed by atoms with van der Waals surface area (Å²) in [6.45, 7) is 3.82. The monoisotopic (exact) mass is 370 g/mol. The van der Waals surface area contributed by atoms with Crippen molar-refractivity contribution in [1.82, 2.24) is 10.2 Å². The van der Waals surface area contributed by atoms with Crippen LogP contribution in [0, 0.1) is 12.8 Å². The predicted octanol–water partition coefficient (Wildman–Crippen LogP) is 2.81. The molecule has 0 spiro atoms. The Kier molecular flexibility index (Phi) is 6.16. The number of carbonyl (C=O) groups is 2. The lowest BCUT2D eigenvalue weighted by atomic mass is 9.97.